The zero-order chi connectivity index (χ0) is 16.9. The molecule has 0 saturated heterocycles. The van der Waals surface area contributed by atoms with E-state index in [2.05, 4.69) is 20.2 Å². The molecule has 120 valence electrons. The molecule has 1 atom stereocenters. The van der Waals surface area contributed by atoms with E-state index in [0.29, 0.717) is 17.1 Å². The highest BCUT2D eigenvalue weighted by atomic mass is 19.1. The monoisotopic (exact) mass is 320 g/mol. The maximum absolute atomic E-state index is 15.4. The number of halogens is 1. The van der Waals surface area contributed by atoms with Crippen molar-refractivity contribution in [3.05, 3.63) is 65.5 Å². The first-order chi connectivity index (χ1) is 11.4. The van der Waals surface area contributed by atoms with Gasteiger partial charge in [0.2, 0.25) is 5.82 Å². The molecule has 1 aliphatic heterocycles. The molecular formula is C19H17FN4. The summed E-state index contributed by atoms with van der Waals surface area (Å²) in [4.78, 5) is 9.25. The number of aliphatic imine (C=N–C) groups is 1. The molecular weight excluding hydrogens is 303 g/mol. The van der Waals surface area contributed by atoms with Gasteiger partial charge in [-0.25, -0.2) is 9.37 Å². The fourth-order valence-electron chi connectivity index (χ4n) is 3.03. The van der Waals surface area contributed by atoms with Crippen molar-refractivity contribution in [2.75, 3.05) is 0 Å². The topological polar surface area (TPSA) is 51.0 Å². The van der Waals surface area contributed by atoms with Gasteiger partial charge in [0.05, 0.1) is 11.1 Å². The van der Waals surface area contributed by atoms with Crippen molar-refractivity contribution in [2.45, 2.75) is 32.0 Å². The van der Waals surface area contributed by atoms with Crippen LogP contribution in [0.4, 0.5) is 4.39 Å². The third kappa shape index (κ3) is 2.04. The molecule has 3 aromatic rings. The van der Waals surface area contributed by atoms with Crippen LogP contribution in [0.5, 0.6) is 0 Å². The second kappa shape index (κ2) is 4.90. The fourth-order valence-corrected chi connectivity index (χ4v) is 3.03. The summed E-state index contributed by atoms with van der Waals surface area (Å²) in [5.74, 6) is 0.421. The number of benzene rings is 2. The molecule has 24 heavy (non-hydrogen) atoms. The lowest BCUT2D eigenvalue weighted by molar-refractivity contribution is 0.0940. The highest BCUT2D eigenvalue weighted by Crippen LogP contribution is 2.44. The molecule has 5 heteroatoms. The molecule has 0 fully saturated rings. The third-order valence-electron chi connectivity index (χ3n) is 4.80. The molecule has 2 heterocycles. The zero-order valence-corrected chi connectivity index (χ0v) is 13.8. The summed E-state index contributed by atoms with van der Waals surface area (Å²) in [7, 11) is 0. The standard InChI is InChI=1S/C19H17FN4/c1-18(2)19(3,20)13-9-5-4-8-12(13)16(22-18)17-21-14-10-6-7-11-15(14)23-24-17/h4-11H,1-3H3. The van der Waals surface area contributed by atoms with Crippen molar-refractivity contribution in [2.24, 2.45) is 4.99 Å². The van der Waals surface area contributed by atoms with E-state index in [4.69, 9.17) is 0 Å². The number of nitrogens with zero attached hydrogens (tertiary/aromatic N) is 4. The van der Waals surface area contributed by atoms with E-state index >= 15 is 4.39 Å². The second-order valence-electron chi connectivity index (χ2n) is 6.69. The van der Waals surface area contributed by atoms with Crippen molar-refractivity contribution < 1.29 is 4.39 Å². The second-order valence-corrected chi connectivity index (χ2v) is 6.69. The molecule has 4 nitrogen and oxygen atoms in total. The van der Waals surface area contributed by atoms with Gasteiger partial charge in [0.25, 0.3) is 0 Å². The molecule has 0 N–H and O–H groups in total. The van der Waals surface area contributed by atoms with Crippen LogP contribution in [0.3, 0.4) is 0 Å². The van der Waals surface area contributed by atoms with Gasteiger partial charge in [-0.2, -0.15) is 0 Å². The third-order valence-corrected chi connectivity index (χ3v) is 4.80. The smallest absolute Gasteiger partial charge is 0.201 e. The number of para-hydroxylation sites is 1. The molecule has 0 saturated carbocycles. The van der Waals surface area contributed by atoms with Crippen LogP contribution in [0.1, 0.15) is 37.7 Å². The van der Waals surface area contributed by atoms with Gasteiger partial charge in [-0.1, -0.05) is 36.4 Å². The van der Waals surface area contributed by atoms with Crippen molar-refractivity contribution in [3.8, 4) is 0 Å². The number of alkyl halides is 1. The fraction of sp³-hybridized carbons (Fsp3) is 0.263. The van der Waals surface area contributed by atoms with Gasteiger partial charge in [-0.15, -0.1) is 10.2 Å². The molecule has 4 rings (SSSR count). The predicted octanol–water partition coefficient (Wildman–Crippen LogP) is 3.84. The Bertz CT molecular complexity index is 976. The molecule has 0 amide bonds. The van der Waals surface area contributed by atoms with Gasteiger partial charge in [0.15, 0.2) is 5.67 Å². The minimum Gasteiger partial charge on any atom is -0.271 e. The Hall–Kier alpha value is -2.69. The highest BCUT2D eigenvalue weighted by Gasteiger charge is 2.48. The van der Waals surface area contributed by atoms with Crippen LogP contribution in [0, 0.1) is 0 Å². The number of hydrogen-bond donors (Lipinski definition) is 0. The Morgan fingerprint density at radius 2 is 1.50 bits per heavy atom. The average molecular weight is 320 g/mol. The molecule has 0 spiro atoms. The minimum absolute atomic E-state index is 0.421. The van der Waals surface area contributed by atoms with Crippen LogP contribution in [0.2, 0.25) is 0 Å². The number of aromatic nitrogens is 3. The van der Waals surface area contributed by atoms with E-state index in [9.17, 15) is 0 Å². The van der Waals surface area contributed by atoms with Gasteiger partial charge in [0.1, 0.15) is 11.2 Å². The van der Waals surface area contributed by atoms with Crippen molar-refractivity contribution in [1.29, 1.82) is 0 Å². The lowest BCUT2D eigenvalue weighted by Crippen LogP contribution is -2.45. The van der Waals surface area contributed by atoms with E-state index in [1.165, 1.54) is 0 Å². The number of hydrogen-bond acceptors (Lipinski definition) is 4. The quantitative estimate of drug-likeness (QED) is 0.684. The van der Waals surface area contributed by atoms with E-state index in [1.807, 2.05) is 42.5 Å². The number of fused-ring (bicyclic) bond motifs is 2. The Labute approximate surface area is 139 Å². The molecule has 1 unspecified atom stereocenters. The Balaban J connectivity index is 1.98. The lowest BCUT2D eigenvalue weighted by atomic mass is 9.75. The summed E-state index contributed by atoms with van der Waals surface area (Å²) >= 11 is 0. The first kappa shape index (κ1) is 14.9. The summed E-state index contributed by atoms with van der Waals surface area (Å²) in [6.45, 7) is 5.15. The van der Waals surface area contributed by atoms with Crippen molar-refractivity contribution in [3.63, 3.8) is 0 Å². The van der Waals surface area contributed by atoms with Gasteiger partial charge >= 0.3 is 0 Å². The molecule has 0 bridgehead atoms. The van der Waals surface area contributed by atoms with Crippen LogP contribution in [0.25, 0.3) is 11.0 Å². The Morgan fingerprint density at radius 1 is 0.833 bits per heavy atom. The van der Waals surface area contributed by atoms with Crippen LogP contribution in [0.15, 0.2) is 53.5 Å². The molecule has 0 radical (unpaired) electrons. The van der Waals surface area contributed by atoms with Crippen LogP contribution in [-0.4, -0.2) is 26.4 Å². The van der Waals surface area contributed by atoms with Gasteiger partial charge in [-0.05, 0) is 32.9 Å². The predicted molar refractivity (Wildman–Crippen MR) is 92.0 cm³/mol. The van der Waals surface area contributed by atoms with Crippen LogP contribution in [-0.2, 0) is 5.67 Å². The van der Waals surface area contributed by atoms with Gasteiger partial charge in [-0.3, -0.25) is 4.99 Å². The Kier molecular flexibility index (Phi) is 3.04. The molecule has 1 aromatic heterocycles. The molecule has 1 aliphatic rings. The van der Waals surface area contributed by atoms with Crippen molar-refractivity contribution >= 4 is 16.7 Å². The van der Waals surface area contributed by atoms with Gasteiger partial charge in [0, 0.05) is 11.1 Å². The summed E-state index contributed by atoms with van der Waals surface area (Å²) in [6, 6.07) is 14.9. The first-order valence-corrected chi connectivity index (χ1v) is 7.89. The summed E-state index contributed by atoms with van der Waals surface area (Å²) in [5.41, 5.74) is 0.887. The maximum Gasteiger partial charge on any atom is 0.201 e. The largest absolute Gasteiger partial charge is 0.271 e. The Morgan fingerprint density at radius 3 is 2.29 bits per heavy atom. The molecule has 0 aliphatic carbocycles. The zero-order valence-electron chi connectivity index (χ0n) is 13.8. The van der Waals surface area contributed by atoms with Crippen molar-refractivity contribution in [1.82, 2.24) is 15.2 Å². The van der Waals surface area contributed by atoms with Gasteiger partial charge < -0.3 is 0 Å². The van der Waals surface area contributed by atoms with E-state index < -0.39 is 11.2 Å². The summed E-state index contributed by atoms with van der Waals surface area (Å²) < 4.78 is 15.4. The number of rotatable bonds is 1. The normalized spacial score (nSPS) is 22.1. The summed E-state index contributed by atoms with van der Waals surface area (Å²) in [5, 5.41) is 8.45. The first-order valence-electron chi connectivity index (χ1n) is 7.89. The summed E-state index contributed by atoms with van der Waals surface area (Å²) in [6.07, 6.45) is 0. The van der Waals surface area contributed by atoms with Crippen LogP contribution < -0.4 is 0 Å². The highest BCUT2D eigenvalue weighted by molar-refractivity contribution is 6.13. The SMILES string of the molecule is CC1(C)N=C(c2nnc3ccccc3n2)c2ccccc2C1(C)F. The van der Waals surface area contributed by atoms with Crippen LogP contribution >= 0.6 is 0 Å². The lowest BCUT2D eigenvalue weighted by Gasteiger charge is -2.40. The van der Waals surface area contributed by atoms with E-state index in [-0.39, 0.29) is 0 Å². The maximum atomic E-state index is 15.4. The van der Waals surface area contributed by atoms with E-state index in [1.54, 1.807) is 26.8 Å². The molecule has 2 aromatic carbocycles. The average Bonchev–Trinajstić information content (AvgIpc) is 2.58. The minimum atomic E-state index is -1.57. The van der Waals surface area contributed by atoms with E-state index in [0.717, 1.165) is 16.6 Å².